The maximum atomic E-state index is 10.9. The molecule has 0 atom stereocenters. The lowest BCUT2D eigenvalue weighted by atomic mass is 10.5. The minimum atomic E-state index is 0.213. The fraction of sp³-hybridized carbons (Fsp3) is 0.500. The maximum absolute atomic E-state index is 10.9. The zero-order valence-electron chi connectivity index (χ0n) is 5.33. The summed E-state index contributed by atoms with van der Waals surface area (Å²) in [6, 6.07) is 0. The van der Waals surface area contributed by atoms with Gasteiger partial charge in [-0.3, -0.25) is 4.79 Å². The summed E-state index contributed by atoms with van der Waals surface area (Å²) in [6.07, 6.45) is 1.83. The Morgan fingerprint density at radius 3 is 3.11 bits per heavy atom. The molecule has 0 aromatic heterocycles. The average molecular weight is 143 g/mol. The first kappa shape index (κ1) is 6.68. The number of carbonyl (C=O) groups excluding carboxylic acids is 1. The molecule has 0 saturated carbocycles. The molecule has 0 unspecified atom stereocenters. The van der Waals surface area contributed by atoms with Gasteiger partial charge in [-0.05, 0) is 12.3 Å². The van der Waals surface area contributed by atoms with Gasteiger partial charge in [0.2, 0.25) is 5.91 Å². The van der Waals surface area contributed by atoms with Gasteiger partial charge in [0.25, 0.3) is 0 Å². The van der Waals surface area contributed by atoms with Crippen LogP contribution in [0, 0.1) is 0 Å². The highest BCUT2D eigenvalue weighted by Crippen LogP contribution is 2.11. The van der Waals surface area contributed by atoms with E-state index in [0.29, 0.717) is 5.75 Å². The van der Waals surface area contributed by atoms with E-state index in [0.717, 1.165) is 6.54 Å². The number of thioether (sulfide) groups is 1. The van der Waals surface area contributed by atoms with Crippen LogP contribution < -0.4 is 0 Å². The Kier molecular flexibility index (Phi) is 2.16. The summed E-state index contributed by atoms with van der Waals surface area (Å²) >= 11 is 1.55. The highest BCUT2D eigenvalue weighted by molar-refractivity contribution is 8.02. The van der Waals surface area contributed by atoms with E-state index < -0.39 is 0 Å². The Balaban J connectivity index is 2.57. The molecule has 0 saturated heterocycles. The first-order chi connectivity index (χ1) is 4.34. The smallest absolute Gasteiger partial charge is 0.236 e. The summed E-state index contributed by atoms with van der Waals surface area (Å²) in [6.45, 7) is 2.76. The Bertz CT molecular complexity index is 144. The third-order valence-electron chi connectivity index (χ3n) is 1.20. The average Bonchev–Trinajstić information content (AvgIpc) is 1.89. The monoisotopic (exact) mass is 143 g/mol. The number of nitrogens with zero attached hydrogens (tertiary/aromatic N) is 1. The van der Waals surface area contributed by atoms with E-state index in [1.807, 2.05) is 18.5 Å². The summed E-state index contributed by atoms with van der Waals surface area (Å²) in [5.41, 5.74) is 0. The van der Waals surface area contributed by atoms with Gasteiger partial charge in [0.15, 0.2) is 0 Å². The van der Waals surface area contributed by atoms with Crippen molar-refractivity contribution >= 4 is 17.7 Å². The second-order valence-electron chi connectivity index (χ2n) is 1.78. The minimum absolute atomic E-state index is 0.213. The molecule has 9 heavy (non-hydrogen) atoms. The topological polar surface area (TPSA) is 20.3 Å². The van der Waals surface area contributed by atoms with Crippen LogP contribution in [0.3, 0.4) is 0 Å². The van der Waals surface area contributed by atoms with Crippen molar-refractivity contribution in [3.8, 4) is 0 Å². The van der Waals surface area contributed by atoms with E-state index in [-0.39, 0.29) is 5.91 Å². The molecule has 2 nitrogen and oxygen atoms in total. The lowest BCUT2D eigenvalue weighted by molar-refractivity contribution is -0.125. The van der Waals surface area contributed by atoms with Crippen molar-refractivity contribution in [1.82, 2.24) is 4.90 Å². The largest absolute Gasteiger partial charge is 0.318 e. The second kappa shape index (κ2) is 2.92. The van der Waals surface area contributed by atoms with Gasteiger partial charge in [0.05, 0.1) is 5.75 Å². The SMILES string of the molecule is CCN1C=CSCC1=O. The minimum Gasteiger partial charge on any atom is -0.318 e. The van der Waals surface area contributed by atoms with Crippen LogP contribution in [0.15, 0.2) is 11.6 Å². The molecule has 0 spiro atoms. The van der Waals surface area contributed by atoms with Crippen molar-refractivity contribution in [2.24, 2.45) is 0 Å². The molecule has 0 aliphatic carbocycles. The molecule has 3 heteroatoms. The van der Waals surface area contributed by atoms with Crippen molar-refractivity contribution in [3.63, 3.8) is 0 Å². The quantitative estimate of drug-likeness (QED) is 0.547. The van der Waals surface area contributed by atoms with Gasteiger partial charge in [-0.15, -0.1) is 11.8 Å². The lowest BCUT2D eigenvalue weighted by Crippen LogP contribution is -2.28. The van der Waals surface area contributed by atoms with E-state index in [1.54, 1.807) is 16.7 Å². The predicted octanol–water partition coefficient (Wildman–Crippen LogP) is 1.05. The number of rotatable bonds is 1. The molecular weight excluding hydrogens is 134 g/mol. The van der Waals surface area contributed by atoms with Gasteiger partial charge in [0, 0.05) is 12.7 Å². The highest BCUT2D eigenvalue weighted by Gasteiger charge is 2.10. The first-order valence-electron chi connectivity index (χ1n) is 2.92. The van der Waals surface area contributed by atoms with Gasteiger partial charge in [-0.25, -0.2) is 0 Å². The maximum Gasteiger partial charge on any atom is 0.236 e. The van der Waals surface area contributed by atoms with Crippen molar-refractivity contribution in [1.29, 1.82) is 0 Å². The van der Waals surface area contributed by atoms with Gasteiger partial charge < -0.3 is 4.90 Å². The van der Waals surface area contributed by atoms with Gasteiger partial charge >= 0.3 is 0 Å². The standard InChI is InChI=1S/C6H9NOS/c1-2-7-3-4-9-5-6(7)8/h3-4H,2,5H2,1H3. The van der Waals surface area contributed by atoms with Crippen LogP contribution in [-0.2, 0) is 4.79 Å². The summed E-state index contributed by atoms with van der Waals surface area (Å²) in [4.78, 5) is 12.6. The molecule has 1 aliphatic heterocycles. The van der Waals surface area contributed by atoms with E-state index in [2.05, 4.69) is 0 Å². The molecular formula is C6H9NOS. The van der Waals surface area contributed by atoms with Crippen molar-refractivity contribution in [3.05, 3.63) is 11.6 Å². The number of hydrogen-bond acceptors (Lipinski definition) is 2. The van der Waals surface area contributed by atoms with Crippen LogP contribution in [-0.4, -0.2) is 23.1 Å². The lowest BCUT2D eigenvalue weighted by Gasteiger charge is -2.18. The van der Waals surface area contributed by atoms with Crippen LogP contribution in [0.4, 0.5) is 0 Å². The molecule has 0 fully saturated rings. The molecule has 1 amide bonds. The molecule has 0 N–H and O–H groups in total. The molecule has 50 valence electrons. The molecule has 0 radical (unpaired) electrons. The highest BCUT2D eigenvalue weighted by atomic mass is 32.2. The molecule has 0 aromatic rings. The van der Waals surface area contributed by atoms with E-state index >= 15 is 0 Å². The normalized spacial score (nSPS) is 18.8. The summed E-state index contributed by atoms with van der Waals surface area (Å²) < 4.78 is 0. The molecule has 1 aliphatic rings. The Morgan fingerprint density at radius 1 is 1.89 bits per heavy atom. The third-order valence-corrected chi connectivity index (χ3v) is 1.93. The van der Waals surface area contributed by atoms with Crippen LogP contribution in [0.25, 0.3) is 0 Å². The first-order valence-corrected chi connectivity index (χ1v) is 3.97. The van der Waals surface area contributed by atoms with Crippen LogP contribution >= 0.6 is 11.8 Å². The van der Waals surface area contributed by atoms with Crippen molar-refractivity contribution < 1.29 is 4.79 Å². The Hall–Kier alpha value is -0.440. The molecule has 1 heterocycles. The molecule has 0 bridgehead atoms. The number of amides is 1. The summed E-state index contributed by atoms with van der Waals surface area (Å²) in [5.74, 6) is 0.814. The zero-order valence-corrected chi connectivity index (χ0v) is 6.15. The summed E-state index contributed by atoms with van der Waals surface area (Å²) in [5, 5.41) is 1.95. The number of carbonyl (C=O) groups is 1. The van der Waals surface area contributed by atoms with Gasteiger partial charge in [-0.1, -0.05) is 0 Å². The van der Waals surface area contributed by atoms with E-state index in [9.17, 15) is 4.79 Å². The van der Waals surface area contributed by atoms with Crippen LogP contribution in [0.5, 0.6) is 0 Å². The molecule has 1 rings (SSSR count). The fourth-order valence-electron chi connectivity index (χ4n) is 0.684. The zero-order chi connectivity index (χ0) is 6.69. The van der Waals surface area contributed by atoms with Crippen LogP contribution in [0.1, 0.15) is 6.92 Å². The molecule has 0 aromatic carbocycles. The van der Waals surface area contributed by atoms with E-state index in [1.165, 1.54) is 0 Å². The number of hydrogen-bond donors (Lipinski definition) is 0. The van der Waals surface area contributed by atoms with Gasteiger partial charge in [-0.2, -0.15) is 0 Å². The Labute approximate surface area is 58.9 Å². The predicted molar refractivity (Wildman–Crippen MR) is 39.0 cm³/mol. The summed E-state index contributed by atoms with van der Waals surface area (Å²) in [7, 11) is 0. The second-order valence-corrected chi connectivity index (χ2v) is 2.67. The van der Waals surface area contributed by atoms with E-state index in [4.69, 9.17) is 0 Å². The van der Waals surface area contributed by atoms with Crippen molar-refractivity contribution in [2.45, 2.75) is 6.92 Å². The van der Waals surface area contributed by atoms with Crippen LogP contribution in [0.2, 0.25) is 0 Å². The van der Waals surface area contributed by atoms with Gasteiger partial charge in [0.1, 0.15) is 0 Å². The Morgan fingerprint density at radius 2 is 2.67 bits per heavy atom. The third kappa shape index (κ3) is 1.48. The van der Waals surface area contributed by atoms with Crippen molar-refractivity contribution in [2.75, 3.05) is 12.3 Å². The fourth-order valence-corrected chi connectivity index (χ4v) is 1.32.